The molecule has 2 aromatic carbocycles. The second-order valence-corrected chi connectivity index (χ2v) is 12.4. The number of β-amino-alcohol motifs (C(OH)–C–C–N with tert-alkyl or cyclic N) is 1. The molecule has 0 unspecified atom stereocenters. The number of rotatable bonds is 11. The van der Waals surface area contributed by atoms with Crippen molar-refractivity contribution in [2.45, 2.75) is 59.5 Å². The summed E-state index contributed by atoms with van der Waals surface area (Å²) in [6, 6.07) is 14.5. The Kier molecular flexibility index (Phi) is 10.1. The number of piperazine rings is 1. The SMILES string of the molecule is Cc1ccc(Cl)cc1N1CCN(C[C@@H](O)COCCOc2ccc(C(C)(C)CC(C)(C)C)cc2)CC1. The van der Waals surface area contributed by atoms with Crippen LogP contribution in [0, 0.1) is 12.3 Å². The zero-order chi connectivity index (χ0) is 26.3. The van der Waals surface area contributed by atoms with Crippen molar-refractivity contribution >= 4 is 17.3 Å². The Hall–Kier alpha value is -1.79. The van der Waals surface area contributed by atoms with Crippen molar-refractivity contribution in [3.63, 3.8) is 0 Å². The average Bonchev–Trinajstić information content (AvgIpc) is 2.80. The fourth-order valence-electron chi connectivity index (χ4n) is 5.31. The molecular weight excluding hydrogens is 472 g/mol. The van der Waals surface area contributed by atoms with Crippen LogP contribution in [0.3, 0.4) is 0 Å². The third-order valence-electron chi connectivity index (χ3n) is 6.77. The van der Waals surface area contributed by atoms with E-state index < -0.39 is 6.10 Å². The van der Waals surface area contributed by atoms with Crippen molar-refractivity contribution in [2.24, 2.45) is 5.41 Å². The molecule has 1 atom stereocenters. The summed E-state index contributed by atoms with van der Waals surface area (Å²) in [6.45, 7) is 19.1. The van der Waals surface area contributed by atoms with Crippen molar-refractivity contribution in [2.75, 3.05) is 57.4 Å². The van der Waals surface area contributed by atoms with Gasteiger partial charge < -0.3 is 19.5 Å². The molecule has 5 nitrogen and oxygen atoms in total. The predicted octanol–water partition coefficient (Wildman–Crippen LogP) is 5.94. The molecule has 6 heteroatoms. The highest BCUT2D eigenvalue weighted by Gasteiger charge is 2.27. The van der Waals surface area contributed by atoms with Crippen molar-refractivity contribution in [3.05, 3.63) is 58.6 Å². The lowest BCUT2D eigenvalue weighted by Gasteiger charge is -2.37. The van der Waals surface area contributed by atoms with Gasteiger partial charge in [-0.15, -0.1) is 0 Å². The second-order valence-electron chi connectivity index (χ2n) is 11.9. The van der Waals surface area contributed by atoms with Crippen LogP contribution < -0.4 is 9.64 Å². The van der Waals surface area contributed by atoms with Gasteiger partial charge in [-0.1, -0.05) is 64.4 Å². The summed E-state index contributed by atoms with van der Waals surface area (Å²) in [5.74, 6) is 0.849. The fraction of sp³-hybridized carbons (Fsp3) is 0.600. The summed E-state index contributed by atoms with van der Waals surface area (Å²) in [7, 11) is 0. The van der Waals surface area contributed by atoms with E-state index in [-0.39, 0.29) is 10.8 Å². The molecule has 0 aliphatic carbocycles. The molecule has 1 N–H and O–H groups in total. The number of ether oxygens (including phenoxy) is 2. The van der Waals surface area contributed by atoms with Crippen molar-refractivity contribution in [1.29, 1.82) is 0 Å². The van der Waals surface area contributed by atoms with E-state index in [0.29, 0.717) is 26.4 Å². The highest BCUT2D eigenvalue weighted by atomic mass is 35.5. The number of halogens is 1. The molecule has 200 valence electrons. The Balaban J connectivity index is 1.31. The Labute approximate surface area is 223 Å². The quantitative estimate of drug-likeness (QED) is 0.374. The minimum absolute atomic E-state index is 0.122. The summed E-state index contributed by atoms with van der Waals surface area (Å²) in [6.07, 6.45) is 0.613. The van der Waals surface area contributed by atoms with E-state index in [1.54, 1.807) is 0 Å². The number of anilines is 1. The lowest BCUT2D eigenvalue weighted by Crippen LogP contribution is -2.49. The van der Waals surface area contributed by atoms with E-state index in [9.17, 15) is 5.11 Å². The normalized spacial score (nSPS) is 16.3. The average molecular weight is 517 g/mol. The lowest BCUT2D eigenvalue weighted by atomic mass is 9.72. The molecule has 1 heterocycles. The van der Waals surface area contributed by atoms with E-state index in [0.717, 1.165) is 43.4 Å². The minimum atomic E-state index is -0.506. The summed E-state index contributed by atoms with van der Waals surface area (Å²) < 4.78 is 11.5. The van der Waals surface area contributed by atoms with Gasteiger partial charge in [-0.2, -0.15) is 0 Å². The van der Waals surface area contributed by atoms with Gasteiger partial charge in [-0.05, 0) is 59.6 Å². The van der Waals surface area contributed by atoms with Crippen LogP contribution in [-0.4, -0.2) is 68.7 Å². The van der Waals surface area contributed by atoms with Crippen molar-refractivity contribution < 1.29 is 14.6 Å². The number of hydrogen-bond acceptors (Lipinski definition) is 5. The molecule has 0 bridgehead atoms. The van der Waals surface area contributed by atoms with Crippen LogP contribution in [0.2, 0.25) is 5.02 Å². The van der Waals surface area contributed by atoms with Crippen LogP contribution >= 0.6 is 11.6 Å². The smallest absolute Gasteiger partial charge is 0.119 e. The molecular formula is C30H45ClN2O3. The van der Waals surface area contributed by atoms with Gasteiger partial charge in [0.15, 0.2) is 0 Å². The monoisotopic (exact) mass is 516 g/mol. The van der Waals surface area contributed by atoms with Gasteiger partial charge in [0.25, 0.3) is 0 Å². The largest absolute Gasteiger partial charge is 0.491 e. The van der Waals surface area contributed by atoms with Crippen LogP contribution in [0.4, 0.5) is 5.69 Å². The first-order valence-electron chi connectivity index (χ1n) is 13.2. The number of aliphatic hydroxyl groups excluding tert-OH is 1. The lowest BCUT2D eigenvalue weighted by molar-refractivity contribution is 0.00718. The van der Waals surface area contributed by atoms with Gasteiger partial charge in [0.2, 0.25) is 0 Å². The molecule has 0 radical (unpaired) electrons. The van der Waals surface area contributed by atoms with Gasteiger partial charge in [-0.3, -0.25) is 4.90 Å². The maximum atomic E-state index is 10.4. The highest BCUT2D eigenvalue weighted by Crippen LogP contribution is 2.36. The van der Waals surface area contributed by atoms with Crippen LogP contribution in [0.25, 0.3) is 0 Å². The van der Waals surface area contributed by atoms with Crippen molar-refractivity contribution in [3.8, 4) is 5.75 Å². The first-order chi connectivity index (χ1) is 16.9. The van der Waals surface area contributed by atoms with Gasteiger partial charge >= 0.3 is 0 Å². The zero-order valence-electron chi connectivity index (χ0n) is 23.0. The van der Waals surface area contributed by atoms with E-state index in [2.05, 4.69) is 69.5 Å². The van der Waals surface area contributed by atoms with Gasteiger partial charge in [0.05, 0.1) is 19.3 Å². The standard InChI is InChI=1S/C30H45ClN2O3/c1-23-7-10-25(31)19-28(23)33-15-13-32(14-16-33)20-26(34)21-35-17-18-36-27-11-8-24(9-12-27)30(5,6)22-29(2,3)4/h7-12,19,26,34H,13-18,20-22H2,1-6H3/t26-/m1/s1. The molecule has 36 heavy (non-hydrogen) atoms. The molecule has 0 saturated carbocycles. The molecule has 0 amide bonds. The van der Waals surface area contributed by atoms with Gasteiger partial charge in [0, 0.05) is 43.4 Å². The molecule has 1 aliphatic rings. The summed E-state index contributed by atoms with van der Waals surface area (Å²) in [4.78, 5) is 4.67. The predicted molar refractivity (Wildman–Crippen MR) is 151 cm³/mol. The third kappa shape index (κ3) is 8.95. The summed E-state index contributed by atoms with van der Waals surface area (Å²) >= 11 is 6.19. The number of aryl methyl sites for hydroxylation is 1. The number of hydrogen-bond donors (Lipinski definition) is 1. The Bertz CT molecular complexity index is 948. The molecule has 2 aromatic rings. The van der Waals surface area contributed by atoms with E-state index in [1.165, 1.54) is 16.8 Å². The van der Waals surface area contributed by atoms with E-state index in [1.807, 2.05) is 24.3 Å². The van der Waals surface area contributed by atoms with Gasteiger partial charge in [0.1, 0.15) is 12.4 Å². The first kappa shape index (κ1) is 28.8. The summed E-state index contributed by atoms with van der Waals surface area (Å²) in [5, 5.41) is 11.2. The Morgan fingerprint density at radius 1 is 0.944 bits per heavy atom. The molecule has 1 aliphatic heterocycles. The topological polar surface area (TPSA) is 45.2 Å². The minimum Gasteiger partial charge on any atom is -0.491 e. The molecule has 0 spiro atoms. The van der Waals surface area contributed by atoms with Crippen LogP contribution in [0.15, 0.2) is 42.5 Å². The highest BCUT2D eigenvalue weighted by molar-refractivity contribution is 6.30. The first-order valence-corrected chi connectivity index (χ1v) is 13.5. The van der Waals surface area contributed by atoms with Crippen LogP contribution in [0.5, 0.6) is 5.75 Å². The number of aliphatic hydroxyl groups is 1. The van der Waals surface area contributed by atoms with Gasteiger partial charge in [-0.25, -0.2) is 0 Å². The molecule has 1 fully saturated rings. The summed E-state index contributed by atoms with van der Waals surface area (Å²) in [5.41, 5.74) is 4.17. The maximum absolute atomic E-state index is 10.4. The maximum Gasteiger partial charge on any atom is 0.119 e. The van der Waals surface area contributed by atoms with Crippen LogP contribution in [-0.2, 0) is 10.2 Å². The molecule has 1 saturated heterocycles. The number of benzene rings is 2. The third-order valence-corrected chi connectivity index (χ3v) is 7.00. The van der Waals surface area contributed by atoms with Crippen molar-refractivity contribution in [1.82, 2.24) is 4.90 Å². The van der Waals surface area contributed by atoms with E-state index in [4.69, 9.17) is 21.1 Å². The molecule has 3 rings (SSSR count). The fourth-order valence-corrected chi connectivity index (χ4v) is 5.48. The molecule has 0 aromatic heterocycles. The second kappa shape index (κ2) is 12.6. The number of nitrogens with zero attached hydrogens (tertiary/aromatic N) is 2. The van der Waals surface area contributed by atoms with Crippen LogP contribution in [0.1, 0.15) is 52.2 Å². The Morgan fingerprint density at radius 2 is 1.61 bits per heavy atom. The zero-order valence-corrected chi connectivity index (χ0v) is 23.8. The Morgan fingerprint density at radius 3 is 2.25 bits per heavy atom. The van der Waals surface area contributed by atoms with E-state index >= 15 is 0 Å².